The molecule has 0 saturated heterocycles. The summed E-state index contributed by atoms with van der Waals surface area (Å²) >= 11 is 0. The molecule has 20 heavy (non-hydrogen) atoms. The van der Waals surface area contributed by atoms with Crippen LogP contribution in [0.4, 0.5) is 0 Å². The molecular formula is C15H24N2O2S. The van der Waals surface area contributed by atoms with Crippen LogP contribution in [0, 0.1) is 13.8 Å². The first-order valence-corrected chi connectivity index (χ1v) is 8.12. The first-order valence-electron chi connectivity index (χ1n) is 6.68. The molecule has 0 aliphatic carbocycles. The fourth-order valence-corrected chi connectivity index (χ4v) is 3.94. The van der Waals surface area contributed by atoms with Crippen LogP contribution in [0.5, 0.6) is 0 Å². The maximum atomic E-state index is 12.7. The number of nitrogens with zero attached hydrogens (tertiary/aromatic N) is 1. The lowest BCUT2D eigenvalue weighted by atomic mass is 10.1. The minimum atomic E-state index is -3.51. The molecule has 0 spiro atoms. The van der Waals surface area contributed by atoms with Crippen LogP contribution in [-0.4, -0.2) is 25.8 Å². The van der Waals surface area contributed by atoms with E-state index in [-0.39, 0.29) is 0 Å². The Labute approximate surface area is 122 Å². The Morgan fingerprint density at radius 3 is 2.35 bits per heavy atom. The molecule has 0 aliphatic heterocycles. The van der Waals surface area contributed by atoms with E-state index in [0.717, 1.165) is 22.3 Å². The quantitative estimate of drug-likeness (QED) is 0.820. The molecule has 1 aromatic carbocycles. The number of benzene rings is 1. The second-order valence-corrected chi connectivity index (χ2v) is 7.04. The molecule has 112 valence electrons. The highest BCUT2D eigenvalue weighted by molar-refractivity contribution is 7.89. The Kier molecular flexibility index (Phi) is 5.50. The van der Waals surface area contributed by atoms with Gasteiger partial charge >= 0.3 is 0 Å². The van der Waals surface area contributed by atoms with Gasteiger partial charge in [0, 0.05) is 19.6 Å². The number of rotatable bonds is 6. The molecule has 0 aliphatic rings. The molecule has 5 heteroatoms. The van der Waals surface area contributed by atoms with E-state index in [2.05, 4.69) is 6.58 Å². The van der Waals surface area contributed by atoms with Gasteiger partial charge in [-0.25, -0.2) is 8.42 Å². The summed E-state index contributed by atoms with van der Waals surface area (Å²) in [4.78, 5) is 0.339. The average molecular weight is 296 g/mol. The summed E-state index contributed by atoms with van der Waals surface area (Å²) in [5.74, 6) is 0. The van der Waals surface area contributed by atoms with Crippen molar-refractivity contribution in [2.75, 3.05) is 13.1 Å². The Morgan fingerprint density at radius 1 is 1.30 bits per heavy atom. The molecule has 0 unspecified atom stereocenters. The van der Waals surface area contributed by atoms with Crippen LogP contribution < -0.4 is 5.73 Å². The van der Waals surface area contributed by atoms with Crippen LogP contribution in [0.1, 0.15) is 30.5 Å². The van der Waals surface area contributed by atoms with Crippen LogP contribution in [-0.2, 0) is 16.6 Å². The predicted molar refractivity (Wildman–Crippen MR) is 83.1 cm³/mol. The lowest BCUT2D eigenvalue weighted by Crippen LogP contribution is -2.32. The topological polar surface area (TPSA) is 63.4 Å². The third kappa shape index (κ3) is 3.48. The molecule has 0 bridgehead atoms. The predicted octanol–water partition coefficient (Wildman–Crippen LogP) is 2.35. The molecule has 1 rings (SSSR count). The molecule has 0 heterocycles. The van der Waals surface area contributed by atoms with Gasteiger partial charge in [-0.05, 0) is 43.5 Å². The summed E-state index contributed by atoms with van der Waals surface area (Å²) < 4.78 is 26.9. The van der Waals surface area contributed by atoms with Gasteiger partial charge in [-0.2, -0.15) is 4.31 Å². The van der Waals surface area contributed by atoms with Gasteiger partial charge in [-0.15, -0.1) is 0 Å². The second-order valence-electron chi connectivity index (χ2n) is 5.14. The number of hydrogen-bond donors (Lipinski definition) is 1. The first-order chi connectivity index (χ1) is 9.23. The third-order valence-electron chi connectivity index (χ3n) is 3.27. The van der Waals surface area contributed by atoms with E-state index in [1.165, 1.54) is 4.31 Å². The van der Waals surface area contributed by atoms with Crippen LogP contribution in [0.2, 0.25) is 0 Å². The Hall–Kier alpha value is -1.17. The lowest BCUT2D eigenvalue weighted by Gasteiger charge is -2.22. The lowest BCUT2D eigenvalue weighted by molar-refractivity contribution is 0.452. The van der Waals surface area contributed by atoms with Gasteiger partial charge in [-0.1, -0.05) is 25.1 Å². The van der Waals surface area contributed by atoms with E-state index in [4.69, 9.17) is 5.73 Å². The van der Waals surface area contributed by atoms with Crippen molar-refractivity contribution in [3.8, 4) is 0 Å². The highest BCUT2D eigenvalue weighted by atomic mass is 32.2. The maximum absolute atomic E-state index is 12.7. The van der Waals surface area contributed by atoms with Crippen LogP contribution in [0.3, 0.4) is 0 Å². The van der Waals surface area contributed by atoms with Crippen LogP contribution in [0.25, 0.3) is 0 Å². The van der Waals surface area contributed by atoms with E-state index in [1.54, 1.807) is 6.07 Å². The van der Waals surface area contributed by atoms with Crippen molar-refractivity contribution in [2.45, 2.75) is 39.1 Å². The van der Waals surface area contributed by atoms with Gasteiger partial charge in [-0.3, -0.25) is 0 Å². The summed E-state index contributed by atoms with van der Waals surface area (Å²) in [6.45, 7) is 12.3. The van der Waals surface area contributed by atoms with Crippen LogP contribution >= 0.6 is 0 Å². The number of hydrogen-bond acceptors (Lipinski definition) is 3. The van der Waals surface area contributed by atoms with Gasteiger partial charge < -0.3 is 5.73 Å². The SMILES string of the molecule is C=C(C)CN(CC)S(=O)(=O)c1cc(CN)c(C)cc1C. The van der Waals surface area contributed by atoms with E-state index >= 15 is 0 Å². The van der Waals surface area contributed by atoms with Gasteiger partial charge in [0.25, 0.3) is 0 Å². The van der Waals surface area contributed by atoms with E-state index in [1.807, 2.05) is 33.8 Å². The Morgan fingerprint density at radius 2 is 1.90 bits per heavy atom. The van der Waals surface area contributed by atoms with Crippen LogP contribution in [0.15, 0.2) is 29.2 Å². The zero-order valence-corrected chi connectivity index (χ0v) is 13.5. The molecule has 4 nitrogen and oxygen atoms in total. The molecule has 0 saturated carbocycles. The number of nitrogens with two attached hydrogens (primary N) is 1. The normalized spacial score (nSPS) is 11.9. The fraction of sp³-hybridized carbons (Fsp3) is 0.467. The van der Waals surface area contributed by atoms with Crippen molar-refractivity contribution >= 4 is 10.0 Å². The molecule has 1 aromatic rings. The van der Waals surface area contributed by atoms with E-state index < -0.39 is 10.0 Å². The van der Waals surface area contributed by atoms with Gasteiger partial charge in [0.05, 0.1) is 4.90 Å². The summed E-state index contributed by atoms with van der Waals surface area (Å²) in [5.41, 5.74) is 9.13. The Bertz CT molecular complexity index is 607. The minimum Gasteiger partial charge on any atom is -0.326 e. The molecule has 0 aromatic heterocycles. The number of likely N-dealkylation sites (N-methyl/N-ethyl adjacent to an activating group) is 1. The summed E-state index contributed by atoms with van der Waals surface area (Å²) in [7, 11) is -3.51. The van der Waals surface area contributed by atoms with E-state index in [0.29, 0.717) is 24.5 Å². The largest absolute Gasteiger partial charge is 0.326 e. The highest BCUT2D eigenvalue weighted by Gasteiger charge is 2.25. The van der Waals surface area contributed by atoms with Gasteiger partial charge in [0.1, 0.15) is 0 Å². The zero-order chi connectivity index (χ0) is 15.5. The Balaban J connectivity index is 3.37. The summed E-state index contributed by atoms with van der Waals surface area (Å²) in [6, 6.07) is 3.57. The van der Waals surface area contributed by atoms with Gasteiger partial charge in [0.2, 0.25) is 10.0 Å². The standard InChI is InChI=1S/C15H24N2O2S/c1-6-17(10-11(2)3)20(18,19)15-8-14(9-16)12(4)7-13(15)5/h7-8H,2,6,9-10,16H2,1,3-5H3. The van der Waals surface area contributed by atoms with Crippen molar-refractivity contribution in [3.63, 3.8) is 0 Å². The zero-order valence-electron chi connectivity index (χ0n) is 12.7. The first kappa shape index (κ1) is 16.9. The fourth-order valence-electron chi connectivity index (χ4n) is 2.18. The molecular weight excluding hydrogens is 272 g/mol. The monoisotopic (exact) mass is 296 g/mol. The summed E-state index contributed by atoms with van der Waals surface area (Å²) in [5, 5.41) is 0. The van der Waals surface area contributed by atoms with Crippen molar-refractivity contribution in [1.82, 2.24) is 4.31 Å². The van der Waals surface area contributed by atoms with Crippen molar-refractivity contribution < 1.29 is 8.42 Å². The maximum Gasteiger partial charge on any atom is 0.243 e. The molecule has 0 fully saturated rings. The summed E-state index contributed by atoms with van der Waals surface area (Å²) in [6.07, 6.45) is 0. The smallest absolute Gasteiger partial charge is 0.243 e. The molecule has 0 atom stereocenters. The van der Waals surface area contributed by atoms with Crippen molar-refractivity contribution in [1.29, 1.82) is 0 Å². The average Bonchev–Trinajstić information content (AvgIpc) is 2.35. The highest BCUT2D eigenvalue weighted by Crippen LogP contribution is 2.24. The van der Waals surface area contributed by atoms with Gasteiger partial charge in [0.15, 0.2) is 0 Å². The molecule has 0 radical (unpaired) electrons. The second kappa shape index (κ2) is 6.52. The number of aryl methyl sites for hydroxylation is 2. The number of sulfonamides is 1. The molecule has 0 amide bonds. The van der Waals surface area contributed by atoms with E-state index in [9.17, 15) is 8.42 Å². The minimum absolute atomic E-state index is 0.335. The van der Waals surface area contributed by atoms with Crippen molar-refractivity contribution in [3.05, 3.63) is 41.0 Å². The molecule has 2 N–H and O–H groups in total. The third-order valence-corrected chi connectivity index (χ3v) is 5.33. The van der Waals surface area contributed by atoms with Crippen molar-refractivity contribution in [2.24, 2.45) is 5.73 Å².